The minimum Gasteiger partial charge on any atom is -0.307 e. The summed E-state index contributed by atoms with van der Waals surface area (Å²) in [5, 5.41) is 3.33. The molecular formula is C12H21NO2S2. The molecule has 0 bridgehead atoms. The van der Waals surface area contributed by atoms with Crippen LogP contribution in [0.5, 0.6) is 0 Å². The lowest BCUT2D eigenvalue weighted by Crippen LogP contribution is -2.34. The molecule has 0 aliphatic rings. The lowest BCUT2D eigenvalue weighted by Gasteiger charge is -2.19. The Bertz CT molecular complexity index is 477. The third-order valence-electron chi connectivity index (χ3n) is 2.63. The molecule has 0 saturated carbocycles. The normalized spacial score (nSPS) is 15.8. The van der Waals surface area contributed by atoms with E-state index in [2.05, 4.69) is 32.2 Å². The Hall–Kier alpha value is -0.390. The van der Waals surface area contributed by atoms with Crippen LogP contribution in [0.2, 0.25) is 0 Å². The molecule has 1 N–H and O–H groups in total. The monoisotopic (exact) mass is 275 g/mol. The quantitative estimate of drug-likeness (QED) is 0.898. The Balaban J connectivity index is 2.66. The van der Waals surface area contributed by atoms with Gasteiger partial charge in [-0.3, -0.25) is 0 Å². The Labute approximate surface area is 108 Å². The molecule has 98 valence electrons. The summed E-state index contributed by atoms with van der Waals surface area (Å²) in [7, 11) is -2.92. The highest BCUT2D eigenvalue weighted by Gasteiger charge is 2.16. The second kappa shape index (κ2) is 5.50. The second-order valence-corrected chi connectivity index (χ2v) is 8.40. The smallest absolute Gasteiger partial charge is 0.148 e. The predicted molar refractivity (Wildman–Crippen MR) is 74.5 cm³/mol. The Morgan fingerprint density at radius 1 is 1.35 bits per heavy atom. The Morgan fingerprint density at radius 2 is 1.94 bits per heavy atom. The van der Waals surface area contributed by atoms with Gasteiger partial charge in [-0.1, -0.05) is 0 Å². The van der Waals surface area contributed by atoms with Gasteiger partial charge in [-0.2, -0.15) is 0 Å². The van der Waals surface area contributed by atoms with Gasteiger partial charge in [-0.05, 0) is 39.3 Å². The highest BCUT2D eigenvalue weighted by molar-refractivity contribution is 7.90. The van der Waals surface area contributed by atoms with Crippen molar-refractivity contribution in [2.24, 2.45) is 0 Å². The van der Waals surface area contributed by atoms with Crippen molar-refractivity contribution in [1.29, 1.82) is 0 Å². The number of hydrogen-bond donors (Lipinski definition) is 1. The van der Waals surface area contributed by atoms with Gasteiger partial charge in [0, 0.05) is 28.1 Å². The van der Waals surface area contributed by atoms with Crippen molar-refractivity contribution in [3.05, 3.63) is 21.4 Å². The molecule has 1 aromatic rings. The summed E-state index contributed by atoms with van der Waals surface area (Å²) in [5.74, 6) is 0.180. The maximum atomic E-state index is 11.2. The van der Waals surface area contributed by atoms with Crippen molar-refractivity contribution < 1.29 is 8.42 Å². The number of thiophene rings is 1. The third kappa shape index (κ3) is 4.77. The van der Waals surface area contributed by atoms with E-state index in [-0.39, 0.29) is 17.8 Å². The molecule has 17 heavy (non-hydrogen) atoms. The number of nitrogens with one attached hydrogen (secondary N) is 1. The molecule has 0 spiro atoms. The van der Waals surface area contributed by atoms with E-state index in [9.17, 15) is 8.42 Å². The molecule has 0 amide bonds. The standard InChI is InChI=1S/C12H21NO2S2/c1-8(7-17(5,14)15)13-10(3)12-6-9(2)16-11(12)4/h6,8,10,13H,7H2,1-5H3. The molecule has 5 heteroatoms. The van der Waals surface area contributed by atoms with Gasteiger partial charge >= 0.3 is 0 Å². The van der Waals surface area contributed by atoms with Crippen molar-refractivity contribution in [2.45, 2.75) is 39.8 Å². The number of aryl methyl sites for hydroxylation is 2. The van der Waals surface area contributed by atoms with Gasteiger partial charge < -0.3 is 5.32 Å². The van der Waals surface area contributed by atoms with Gasteiger partial charge in [-0.15, -0.1) is 11.3 Å². The Kier molecular flexibility index (Phi) is 4.75. The van der Waals surface area contributed by atoms with E-state index in [1.165, 1.54) is 21.6 Å². The highest BCUT2D eigenvalue weighted by atomic mass is 32.2. The van der Waals surface area contributed by atoms with Crippen LogP contribution < -0.4 is 5.32 Å². The molecule has 1 heterocycles. The number of hydrogen-bond acceptors (Lipinski definition) is 4. The predicted octanol–water partition coefficient (Wildman–Crippen LogP) is 2.45. The fourth-order valence-corrected chi connectivity index (χ4v) is 4.13. The maximum absolute atomic E-state index is 11.2. The number of sulfone groups is 1. The first-order valence-corrected chi connectivity index (χ1v) is 8.57. The van der Waals surface area contributed by atoms with E-state index in [0.29, 0.717) is 0 Å². The zero-order chi connectivity index (χ0) is 13.2. The van der Waals surface area contributed by atoms with Crippen molar-refractivity contribution in [1.82, 2.24) is 5.32 Å². The van der Waals surface area contributed by atoms with E-state index < -0.39 is 9.84 Å². The van der Waals surface area contributed by atoms with E-state index in [0.717, 1.165) is 0 Å². The lowest BCUT2D eigenvalue weighted by molar-refractivity contribution is 0.500. The SMILES string of the molecule is Cc1cc(C(C)NC(C)CS(C)(=O)=O)c(C)s1. The van der Waals surface area contributed by atoms with Gasteiger partial charge in [0.15, 0.2) is 0 Å². The molecule has 2 atom stereocenters. The van der Waals surface area contributed by atoms with Crippen LogP contribution in [-0.2, 0) is 9.84 Å². The van der Waals surface area contributed by atoms with Crippen molar-refractivity contribution in [3.8, 4) is 0 Å². The average molecular weight is 275 g/mol. The zero-order valence-electron chi connectivity index (χ0n) is 11.1. The van der Waals surface area contributed by atoms with Crippen LogP contribution in [0.3, 0.4) is 0 Å². The summed E-state index contributed by atoms with van der Waals surface area (Å²) in [5.41, 5.74) is 1.27. The molecule has 0 aliphatic heterocycles. The lowest BCUT2D eigenvalue weighted by atomic mass is 10.1. The summed E-state index contributed by atoms with van der Waals surface area (Å²) in [6.45, 7) is 8.18. The summed E-state index contributed by atoms with van der Waals surface area (Å²) in [6, 6.07) is 2.33. The van der Waals surface area contributed by atoms with Gasteiger partial charge in [0.05, 0.1) is 5.75 Å². The van der Waals surface area contributed by atoms with Crippen LogP contribution in [0.4, 0.5) is 0 Å². The summed E-state index contributed by atoms with van der Waals surface area (Å²) in [6.07, 6.45) is 1.27. The van der Waals surface area contributed by atoms with Crippen molar-refractivity contribution in [2.75, 3.05) is 12.0 Å². The first-order chi connectivity index (χ1) is 7.69. The van der Waals surface area contributed by atoms with Crippen molar-refractivity contribution >= 4 is 21.2 Å². The summed E-state index contributed by atoms with van der Waals surface area (Å²) >= 11 is 1.78. The van der Waals surface area contributed by atoms with Gasteiger partial charge in [0.25, 0.3) is 0 Å². The topological polar surface area (TPSA) is 46.2 Å². The fraction of sp³-hybridized carbons (Fsp3) is 0.667. The van der Waals surface area contributed by atoms with E-state index in [1.807, 2.05) is 6.92 Å². The molecule has 0 saturated heterocycles. The average Bonchev–Trinajstić information content (AvgIpc) is 2.41. The van der Waals surface area contributed by atoms with Crippen LogP contribution >= 0.6 is 11.3 Å². The Morgan fingerprint density at radius 3 is 2.35 bits per heavy atom. The first kappa shape index (κ1) is 14.7. The molecule has 1 aromatic heterocycles. The molecule has 1 rings (SSSR count). The highest BCUT2D eigenvalue weighted by Crippen LogP contribution is 2.26. The molecular weight excluding hydrogens is 254 g/mol. The van der Waals surface area contributed by atoms with Crippen LogP contribution in [0.25, 0.3) is 0 Å². The van der Waals surface area contributed by atoms with Gasteiger partial charge in [-0.25, -0.2) is 8.42 Å². The largest absolute Gasteiger partial charge is 0.307 e. The van der Waals surface area contributed by atoms with E-state index in [1.54, 1.807) is 11.3 Å². The number of rotatable bonds is 5. The van der Waals surface area contributed by atoms with Gasteiger partial charge in [0.2, 0.25) is 0 Å². The molecule has 0 radical (unpaired) electrons. The molecule has 3 nitrogen and oxygen atoms in total. The fourth-order valence-electron chi connectivity index (χ4n) is 2.10. The van der Waals surface area contributed by atoms with Crippen LogP contribution in [0, 0.1) is 13.8 Å². The van der Waals surface area contributed by atoms with Crippen LogP contribution in [0.15, 0.2) is 6.07 Å². The molecule has 0 aromatic carbocycles. The van der Waals surface area contributed by atoms with Crippen LogP contribution in [0.1, 0.15) is 35.2 Å². The van der Waals surface area contributed by atoms with E-state index in [4.69, 9.17) is 0 Å². The minimum absolute atomic E-state index is 0.0281. The molecule has 0 aliphatic carbocycles. The summed E-state index contributed by atoms with van der Waals surface area (Å²) < 4.78 is 22.4. The van der Waals surface area contributed by atoms with E-state index >= 15 is 0 Å². The minimum atomic E-state index is -2.92. The molecule has 2 unspecified atom stereocenters. The third-order valence-corrected chi connectivity index (χ3v) is 4.72. The second-order valence-electron chi connectivity index (χ2n) is 4.75. The van der Waals surface area contributed by atoms with Gasteiger partial charge in [0.1, 0.15) is 9.84 Å². The summed E-state index contributed by atoms with van der Waals surface area (Å²) in [4.78, 5) is 2.59. The van der Waals surface area contributed by atoms with Crippen molar-refractivity contribution in [3.63, 3.8) is 0 Å². The maximum Gasteiger partial charge on any atom is 0.148 e. The van der Waals surface area contributed by atoms with Crippen LogP contribution in [-0.4, -0.2) is 26.5 Å². The molecule has 0 fully saturated rings. The zero-order valence-corrected chi connectivity index (χ0v) is 12.7. The first-order valence-electron chi connectivity index (χ1n) is 5.69.